The largest absolute Gasteiger partial charge is 0.436 e. The van der Waals surface area contributed by atoms with Crippen LogP contribution in [0.3, 0.4) is 0 Å². The lowest BCUT2D eigenvalue weighted by Crippen LogP contribution is -2.58. The molecule has 6 nitrogen and oxygen atoms in total. The lowest BCUT2D eigenvalue weighted by molar-refractivity contribution is -0.184. The number of hydrogen-bond acceptors (Lipinski definition) is 6. The summed E-state index contributed by atoms with van der Waals surface area (Å²) in [4.78, 5) is 34.2. The van der Waals surface area contributed by atoms with Gasteiger partial charge in [0.25, 0.3) is 5.88 Å². The molecule has 0 unspecified atom stereocenters. The summed E-state index contributed by atoms with van der Waals surface area (Å²) in [6, 6.07) is 5.32. The molecule has 1 aliphatic rings. The normalized spacial score (nSPS) is 18.9. The minimum absolute atomic E-state index is 0.129. The van der Waals surface area contributed by atoms with Gasteiger partial charge in [-0.25, -0.2) is 9.97 Å². The summed E-state index contributed by atoms with van der Waals surface area (Å²) in [5.74, 6) is -0.862. The van der Waals surface area contributed by atoms with Crippen LogP contribution in [0.4, 0.5) is 0 Å². The molecule has 0 radical (unpaired) electrons. The van der Waals surface area contributed by atoms with E-state index in [1.807, 2.05) is 13.0 Å². The molecule has 0 amide bonds. The van der Waals surface area contributed by atoms with Crippen LogP contribution in [-0.4, -0.2) is 32.7 Å². The van der Waals surface area contributed by atoms with Crippen LogP contribution in [0.5, 0.6) is 11.6 Å². The van der Waals surface area contributed by atoms with E-state index >= 15 is 0 Å². The van der Waals surface area contributed by atoms with E-state index in [4.69, 9.17) is 21.1 Å². The van der Waals surface area contributed by atoms with Gasteiger partial charge in [-0.15, -0.1) is 0 Å². The van der Waals surface area contributed by atoms with E-state index in [0.717, 1.165) is 5.56 Å². The maximum absolute atomic E-state index is 13.1. The van der Waals surface area contributed by atoms with Crippen molar-refractivity contribution in [2.45, 2.75) is 58.2 Å². The van der Waals surface area contributed by atoms with Crippen molar-refractivity contribution in [3.05, 3.63) is 46.9 Å². The fourth-order valence-electron chi connectivity index (χ4n) is 3.55. The second-order valence-electron chi connectivity index (χ2n) is 7.75. The van der Waals surface area contributed by atoms with Crippen LogP contribution < -0.4 is 4.74 Å². The highest BCUT2D eigenvalue weighted by Crippen LogP contribution is 2.41. The number of rotatable bonds is 4. The summed E-state index contributed by atoms with van der Waals surface area (Å²) in [6.45, 7) is 8.76. The maximum Gasteiger partial charge on any atom is 0.257 e. The molecule has 1 aliphatic heterocycles. The van der Waals surface area contributed by atoms with Gasteiger partial charge in [-0.1, -0.05) is 24.6 Å². The van der Waals surface area contributed by atoms with Crippen LogP contribution in [0.15, 0.2) is 30.6 Å². The Balaban J connectivity index is 2.08. The van der Waals surface area contributed by atoms with Crippen LogP contribution >= 0.6 is 11.6 Å². The zero-order valence-electron chi connectivity index (χ0n) is 16.6. The van der Waals surface area contributed by atoms with Crippen molar-refractivity contribution in [2.75, 3.05) is 0 Å². The van der Waals surface area contributed by atoms with Gasteiger partial charge in [-0.2, -0.15) is 0 Å². The molecule has 1 fully saturated rings. The molecule has 2 aromatic rings. The van der Waals surface area contributed by atoms with E-state index in [9.17, 15) is 9.59 Å². The predicted molar refractivity (Wildman–Crippen MR) is 105 cm³/mol. The number of Topliss-reactive ketones (excluding diaryl/α,β-unsaturated/α-hetero) is 2. The number of carbonyl (C=O) groups is 2. The summed E-state index contributed by atoms with van der Waals surface area (Å²) >= 11 is 6.02. The molecule has 0 atom stereocenters. The average molecular weight is 403 g/mol. The number of halogens is 1. The molecule has 0 N–H and O–H groups in total. The summed E-state index contributed by atoms with van der Waals surface area (Å²) in [6.07, 6.45) is 3.60. The zero-order chi connectivity index (χ0) is 20.7. The number of ether oxygens (including phenoxy) is 2. The van der Waals surface area contributed by atoms with Gasteiger partial charge in [0.15, 0.2) is 16.7 Å². The molecule has 0 spiro atoms. The molecule has 1 saturated heterocycles. The first-order chi connectivity index (χ1) is 13.1. The third kappa shape index (κ3) is 3.66. The fraction of sp³-hybridized carbons (Fsp3) is 0.429. The van der Waals surface area contributed by atoms with Crippen molar-refractivity contribution < 1.29 is 19.1 Å². The van der Waals surface area contributed by atoms with Gasteiger partial charge < -0.3 is 9.47 Å². The highest BCUT2D eigenvalue weighted by atomic mass is 35.5. The molecule has 3 rings (SSSR count). The van der Waals surface area contributed by atoms with E-state index in [1.54, 1.807) is 39.8 Å². The molecule has 0 saturated carbocycles. The van der Waals surface area contributed by atoms with Gasteiger partial charge in [-0.3, -0.25) is 9.59 Å². The third-order valence-electron chi connectivity index (χ3n) is 4.87. The Bertz CT molecular complexity index is 914. The highest BCUT2D eigenvalue weighted by Gasteiger charge is 2.53. The molecule has 1 aromatic carbocycles. The van der Waals surface area contributed by atoms with E-state index in [0.29, 0.717) is 17.7 Å². The Kier molecular flexibility index (Phi) is 5.30. The monoisotopic (exact) mass is 402 g/mol. The predicted octanol–water partition coefficient (Wildman–Crippen LogP) is 4.29. The van der Waals surface area contributed by atoms with Crippen molar-refractivity contribution in [3.63, 3.8) is 0 Å². The molecule has 0 aliphatic carbocycles. The SMILES string of the molecule is CCc1ccc(Oc2nccnc2Cl)cc1C1C(=O)C(C)(C)OC(C)(C)C1=O. The Hall–Kier alpha value is -2.31. The van der Waals surface area contributed by atoms with Gasteiger partial charge in [-0.05, 0) is 57.4 Å². The molecule has 7 heteroatoms. The van der Waals surface area contributed by atoms with E-state index < -0.39 is 17.1 Å². The Morgan fingerprint density at radius 2 is 1.68 bits per heavy atom. The van der Waals surface area contributed by atoms with Crippen LogP contribution in [0, 0.1) is 0 Å². The molecular weight excluding hydrogens is 380 g/mol. The minimum atomic E-state index is -1.07. The van der Waals surface area contributed by atoms with Gasteiger partial charge in [0, 0.05) is 12.4 Å². The first kappa shape index (κ1) is 20.4. The molecule has 0 bridgehead atoms. The smallest absolute Gasteiger partial charge is 0.257 e. The topological polar surface area (TPSA) is 78.4 Å². The van der Waals surface area contributed by atoms with Gasteiger partial charge in [0.2, 0.25) is 0 Å². The highest BCUT2D eigenvalue weighted by molar-refractivity contribution is 6.30. The van der Waals surface area contributed by atoms with Crippen LogP contribution in [0.2, 0.25) is 5.15 Å². The quantitative estimate of drug-likeness (QED) is 0.709. The van der Waals surface area contributed by atoms with Crippen LogP contribution in [-0.2, 0) is 20.7 Å². The fourth-order valence-corrected chi connectivity index (χ4v) is 3.69. The second-order valence-corrected chi connectivity index (χ2v) is 8.11. The number of carbonyl (C=O) groups excluding carboxylic acids is 2. The summed E-state index contributed by atoms with van der Waals surface area (Å²) in [5, 5.41) is 0.129. The number of nitrogens with zero attached hydrogens (tertiary/aromatic N) is 2. The van der Waals surface area contributed by atoms with Crippen molar-refractivity contribution in [2.24, 2.45) is 0 Å². The molecular formula is C21H23ClN2O4. The number of benzene rings is 1. The molecule has 28 heavy (non-hydrogen) atoms. The Morgan fingerprint density at radius 3 is 2.25 bits per heavy atom. The van der Waals surface area contributed by atoms with Gasteiger partial charge in [0.05, 0.1) is 0 Å². The summed E-state index contributed by atoms with van der Waals surface area (Å²) in [5.41, 5.74) is -0.617. The minimum Gasteiger partial charge on any atom is -0.436 e. The van der Waals surface area contributed by atoms with Crippen molar-refractivity contribution in [3.8, 4) is 11.6 Å². The molecule has 1 aromatic heterocycles. The summed E-state index contributed by atoms with van der Waals surface area (Å²) < 4.78 is 11.5. The maximum atomic E-state index is 13.1. The summed E-state index contributed by atoms with van der Waals surface area (Å²) in [7, 11) is 0. The number of hydrogen-bond donors (Lipinski definition) is 0. The van der Waals surface area contributed by atoms with Crippen molar-refractivity contribution in [1.29, 1.82) is 0 Å². The second kappa shape index (κ2) is 7.26. The lowest BCUT2D eigenvalue weighted by atomic mass is 9.73. The van der Waals surface area contributed by atoms with Crippen LogP contribution in [0.1, 0.15) is 51.7 Å². The van der Waals surface area contributed by atoms with E-state index in [1.165, 1.54) is 12.4 Å². The third-order valence-corrected chi connectivity index (χ3v) is 5.13. The van der Waals surface area contributed by atoms with Crippen molar-refractivity contribution >= 4 is 23.2 Å². The van der Waals surface area contributed by atoms with Gasteiger partial charge >= 0.3 is 0 Å². The number of aryl methyl sites for hydroxylation is 1. The number of ketones is 2. The zero-order valence-corrected chi connectivity index (χ0v) is 17.3. The number of aromatic nitrogens is 2. The first-order valence-electron chi connectivity index (χ1n) is 9.13. The van der Waals surface area contributed by atoms with Crippen molar-refractivity contribution in [1.82, 2.24) is 9.97 Å². The molecule has 148 valence electrons. The Morgan fingerprint density at radius 1 is 1.07 bits per heavy atom. The lowest BCUT2D eigenvalue weighted by Gasteiger charge is -2.43. The van der Waals surface area contributed by atoms with E-state index in [2.05, 4.69) is 9.97 Å². The Labute approximate surface area is 169 Å². The molecule has 2 heterocycles. The van der Waals surface area contributed by atoms with Crippen LogP contribution in [0.25, 0.3) is 0 Å². The van der Waals surface area contributed by atoms with Gasteiger partial charge in [0.1, 0.15) is 22.9 Å². The first-order valence-corrected chi connectivity index (χ1v) is 9.50. The van der Waals surface area contributed by atoms with E-state index in [-0.39, 0.29) is 22.6 Å². The average Bonchev–Trinajstić information content (AvgIpc) is 2.62. The standard InChI is InChI=1S/C21H23ClN2O4/c1-6-12-7-8-13(27-19-18(22)23-9-10-24-19)11-14(12)15-16(25)20(2,3)28-21(4,5)17(15)26/h7-11,15H,6H2,1-5H3.